The highest BCUT2D eigenvalue weighted by Gasteiger charge is 2.35. The molecule has 3 rings (SSSR count). The molecule has 0 aliphatic heterocycles. The highest BCUT2D eigenvalue weighted by Crippen LogP contribution is 2.32. The van der Waals surface area contributed by atoms with E-state index in [0.717, 1.165) is 17.3 Å². The Morgan fingerprint density at radius 1 is 1.13 bits per heavy atom. The Balaban J connectivity index is 1.59. The first-order valence-corrected chi connectivity index (χ1v) is 10.6. The minimum Gasteiger partial charge on any atom is -0.491 e. The molecule has 0 aliphatic carbocycles. The summed E-state index contributed by atoms with van der Waals surface area (Å²) in [5.41, 5.74) is 1.21. The van der Waals surface area contributed by atoms with Gasteiger partial charge < -0.3 is 14.6 Å². The van der Waals surface area contributed by atoms with E-state index in [9.17, 15) is 23.1 Å². The maximum Gasteiger partial charge on any atom is 0.451 e. The average Bonchev–Trinajstić information content (AvgIpc) is 2.74. The summed E-state index contributed by atoms with van der Waals surface area (Å²) in [7, 11) is 0. The number of hydrogen-bond acceptors (Lipinski definition) is 6. The minimum atomic E-state index is -4.66. The number of halogens is 3. The molecule has 0 fully saturated rings. The molecule has 0 amide bonds. The summed E-state index contributed by atoms with van der Waals surface area (Å²) in [5, 5.41) is 10.9. The Labute approximate surface area is 181 Å². The lowest BCUT2D eigenvalue weighted by Gasteiger charge is -2.14. The molecule has 0 spiro atoms. The predicted octanol–water partition coefficient (Wildman–Crippen LogP) is 4.70. The van der Waals surface area contributed by atoms with Crippen LogP contribution in [-0.2, 0) is 17.4 Å². The molecule has 1 atom stereocenters. The van der Waals surface area contributed by atoms with E-state index in [2.05, 4.69) is 9.97 Å². The smallest absolute Gasteiger partial charge is 0.451 e. The zero-order chi connectivity index (χ0) is 22.4. The van der Waals surface area contributed by atoms with Gasteiger partial charge in [-0.1, -0.05) is 30.3 Å². The predicted molar refractivity (Wildman–Crippen MR) is 112 cm³/mol. The van der Waals surface area contributed by atoms with E-state index < -0.39 is 18.1 Å². The maximum atomic E-state index is 13.1. The van der Waals surface area contributed by atoms with E-state index in [-0.39, 0.29) is 28.7 Å². The Morgan fingerprint density at radius 2 is 1.84 bits per heavy atom. The molecule has 0 saturated carbocycles. The van der Waals surface area contributed by atoms with Gasteiger partial charge >= 0.3 is 6.18 Å². The Hall–Kier alpha value is -2.65. The normalized spacial score (nSPS) is 12.7. The highest BCUT2D eigenvalue weighted by atomic mass is 32.2. The van der Waals surface area contributed by atoms with Crippen LogP contribution in [-0.4, -0.2) is 39.3 Å². The van der Waals surface area contributed by atoms with Crippen molar-refractivity contribution < 1.29 is 27.8 Å². The van der Waals surface area contributed by atoms with Crippen LogP contribution in [0.4, 0.5) is 13.2 Å². The number of hydrogen-bond donors (Lipinski definition) is 1. The van der Waals surface area contributed by atoms with Crippen LogP contribution in [0.15, 0.2) is 53.6 Å². The van der Waals surface area contributed by atoms with E-state index in [1.165, 1.54) is 6.07 Å². The highest BCUT2D eigenvalue weighted by molar-refractivity contribution is 7.99. The SMILES string of the molecule is CC(=O)CCc1ccc(OCC(O)CSc2nc(C(F)(F)F)nc3ccccc23)cc1. The van der Waals surface area contributed by atoms with Gasteiger partial charge in [0.2, 0.25) is 5.82 Å². The maximum absolute atomic E-state index is 13.1. The Bertz CT molecular complexity index is 1040. The lowest BCUT2D eigenvalue weighted by molar-refractivity contribution is -0.145. The number of fused-ring (bicyclic) bond motifs is 1. The molecule has 5 nitrogen and oxygen atoms in total. The van der Waals surface area contributed by atoms with Crippen LogP contribution in [0, 0.1) is 0 Å². The van der Waals surface area contributed by atoms with Crippen LogP contribution in [0.3, 0.4) is 0 Å². The third-order valence-electron chi connectivity index (χ3n) is 4.37. The number of aliphatic hydroxyl groups is 1. The number of benzene rings is 2. The molecular formula is C22H21F3N2O3S. The number of ether oxygens (including phenoxy) is 1. The van der Waals surface area contributed by atoms with Gasteiger partial charge in [-0.25, -0.2) is 9.97 Å². The summed E-state index contributed by atoms with van der Waals surface area (Å²) < 4.78 is 44.9. The van der Waals surface area contributed by atoms with Crippen molar-refractivity contribution in [2.45, 2.75) is 37.1 Å². The van der Waals surface area contributed by atoms with E-state index >= 15 is 0 Å². The van der Waals surface area contributed by atoms with Gasteiger partial charge in [0.05, 0.1) is 11.6 Å². The van der Waals surface area contributed by atoms with Crippen LogP contribution < -0.4 is 4.74 Å². The molecule has 164 valence electrons. The molecule has 1 unspecified atom stereocenters. The number of aliphatic hydroxyl groups excluding tert-OH is 1. The van der Waals surface area contributed by atoms with Gasteiger partial charge in [0.1, 0.15) is 23.2 Å². The third-order valence-corrected chi connectivity index (χ3v) is 5.50. The zero-order valence-corrected chi connectivity index (χ0v) is 17.5. The number of Topliss-reactive ketones (excluding diaryl/α,β-unsaturated/α-hetero) is 1. The number of aromatic nitrogens is 2. The molecule has 0 aliphatic rings. The van der Waals surface area contributed by atoms with Crippen LogP contribution in [0.1, 0.15) is 24.7 Å². The van der Waals surface area contributed by atoms with Gasteiger partial charge in [0, 0.05) is 17.6 Å². The number of carbonyl (C=O) groups is 1. The van der Waals surface area contributed by atoms with Crippen molar-refractivity contribution in [2.24, 2.45) is 0 Å². The molecule has 0 bridgehead atoms. The molecule has 0 radical (unpaired) electrons. The van der Waals surface area contributed by atoms with Crippen LogP contribution in [0.25, 0.3) is 10.9 Å². The molecule has 1 N–H and O–H groups in total. The first-order chi connectivity index (χ1) is 14.7. The fourth-order valence-corrected chi connectivity index (χ4v) is 3.70. The lowest BCUT2D eigenvalue weighted by atomic mass is 10.1. The number of aryl methyl sites for hydroxylation is 1. The first kappa shape index (κ1) is 23.0. The lowest BCUT2D eigenvalue weighted by Crippen LogP contribution is -2.20. The fraction of sp³-hybridized carbons (Fsp3) is 0.318. The first-order valence-electron chi connectivity index (χ1n) is 9.58. The number of thioether (sulfide) groups is 1. The second-order valence-corrected chi connectivity index (χ2v) is 8.00. The number of ketones is 1. The largest absolute Gasteiger partial charge is 0.491 e. The quantitative estimate of drug-likeness (QED) is 0.376. The van der Waals surface area contributed by atoms with Gasteiger partial charge in [0.25, 0.3) is 0 Å². The Morgan fingerprint density at radius 3 is 2.52 bits per heavy atom. The second kappa shape index (κ2) is 10.1. The zero-order valence-electron chi connectivity index (χ0n) is 16.7. The summed E-state index contributed by atoms with van der Waals surface area (Å²) >= 11 is 1.02. The van der Waals surface area contributed by atoms with Crippen molar-refractivity contribution in [2.75, 3.05) is 12.4 Å². The summed E-state index contributed by atoms with van der Waals surface area (Å²) in [4.78, 5) is 18.3. The Kier molecular flexibility index (Phi) is 7.50. The number of carbonyl (C=O) groups excluding carboxylic acids is 1. The molecule has 1 aromatic heterocycles. The number of nitrogens with zero attached hydrogens (tertiary/aromatic N) is 2. The number of para-hydroxylation sites is 1. The fourth-order valence-electron chi connectivity index (χ4n) is 2.77. The minimum absolute atomic E-state index is 0.0189. The van der Waals surface area contributed by atoms with Gasteiger partial charge in [-0.2, -0.15) is 13.2 Å². The van der Waals surface area contributed by atoms with Crippen LogP contribution >= 0.6 is 11.8 Å². The third kappa shape index (κ3) is 6.67. The summed E-state index contributed by atoms with van der Waals surface area (Å²) in [6.07, 6.45) is -4.44. The standard InChI is InChI=1S/C22H21F3N2O3S/c1-14(28)6-7-15-8-10-17(11-9-15)30-12-16(29)13-31-20-18-4-2-3-5-19(18)26-21(27-20)22(23,24)25/h2-5,8-11,16,29H,6-7,12-13H2,1H3. The molecule has 1 heterocycles. The number of alkyl halides is 3. The summed E-state index contributed by atoms with van der Waals surface area (Å²) in [6, 6.07) is 13.7. The van der Waals surface area contributed by atoms with Gasteiger partial charge in [-0.3, -0.25) is 0 Å². The molecule has 31 heavy (non-hydrogen) atoms. The van der Waals surface area contributed by atoms with Crippen molar-refractivity contribution in [3.8, 4) is 5.75 Å². The van der Waals surface area contributed by atoms with E-state index in [4.69, 9.17) is 4.74 Å². The van der Waals surface area contributed by atoms with Crippen LogP contribution in [0.5, 0.6) is 5.75 Å². The van der Waals surface area contributed by atoms with E-state index in [1.54, 1.807) is 37.3 Å². The van der Waals surface area contributed by atoms with E-state index in [1.807, 2.05) is 12.1 Å². The van der Waals surface area contributed by atoms with Crippen molar-refractivity contribution in [3.05, 3.63) is 59.9 Å². The second-order valence-electron chi connectivity index (χ2n) is 6.99. The summed E-state index contributed by atoms with van der Waals surface area (Å²) in [6.45, 7) is 1.53. The topological polar surface area (TPSA) is 72.3 Å². The monoisotopic (exact) mass is 450 g/mol. The van der Waals surface area contributed by atoms with Crippen molar-refractivity contribution >= 4 is 28.4 Å². The van der Waals surface area contributed by atoms with Crippen molar-refractivity contribution in [1.29, 1.82) is 0 Å². The molecule has 3 aromatic rings. The molecule has 0 saturated heterocycles. The molecule has 9 heteroatoms. The van der Waals surface area contributed by atoms with Crippen molar-refractivity contribution in [3.63, 3.8) is 0 Å². The molecule has 2 aromatic carbocycles. The average molecular weight is 450 g/mol. The van der Waals surface area contributed by atoms with Gasteiger partial charge in [-0.05, 0) is 37.1 Å². The van der Waals surface area contributed by atoms with Crippen molar-refractivity contribution in [1.82, 2.24) is 9.97 Å². The van der Waals surface area contributed by atoms with Crippen LogP contribution in [0.2, 0.25) is 0 Å². The van der Waals surface area contributed by atoms with Gasteiger partial charge in [-0.15, -0.1) is 11.8 Å². The molecular weight excluding hydrogens is 429 g/mol. The number of rotatable bonds is 9. The van der Waals surface area contributed by atoms with Gasteiger partial charge in [0.15, 0.2) is 0 Å². The van der Waals surface area contributed by atoms with E-state index in [0.29, 0.717) is 24.0 Å². The summed E-state index contributed by atoms with van der Waals surface area (Å²) in [5.74, 6) is -0.416.